The molecule has 2 nitrogen and oxygen atoms in total. The molecule has 0 amide bonds. The van der Waals surface area contributed by atoms with E-state index in [1.807, 2.05) is 5.38 Å². The lowest BCUT2D eigenvalue weighted by Crippen LogP contribution is -2.14. The van der Waals surface area contributed by atoms with Gasteiger partial charge in [0.05, 0.1) is 0 Å². The highest BCUT2D eigenvalue weighted by molar-refractivity contribution is 7.09. The van der Waals surface area contributed by atoms with Crippen LogP contribution in [0.15, 0.2) is 11.6 Å². The second-order valence-electron chi connectivity index (χ2n) is 3.42. The molecule has 0 aliphatic rings. The Morgan fingerprint density at radius 3 is 2.50 bits per heavy atom. The molecule has 0 saturated heterocycles. The normalized spacial score (nSPS) is 16.4. The predicted octanol–water partition coefficient (Wildman–Crippen LogP) is 2.47. The Morgan fingerprint density at radius 2 is 2.08 bits per heavy atom. The third-order valence-corrected chi connectivity index (χ3v) is 3.10. The lowest BCUT2D eigenvalue weighted by atomic mass is 9.93. The van der Waals surface area contributed by atoms with Crippen LogP contribution in [0.3, 0.4) is 0 Å². The van der Waals surface area contributed by atoms with Crippen molar-refractivity contribution in [3.05, 3.63) is 16.6 Å². The zero-order chi connectivity index (χ0) is 9.14. The molecule has 0 aliphatic carbocycles. The Labute approximate surface area is 77.3 Å². The number of hydrogen-bond donors (Lipinski definition) is 1. The first kappa shape index (κ1) is 9.68. The Bertz CT molecular complexity index is 220. The van der Waals surface area contributed by atoms with Crippen molar-refractivity contribution in [2.75, 3.05) is 0 Å². The third-order valence-electron chi connectivity index (χ3n) is 2.25. The first-order chi connectivity index (χ1) is 5.63. The highest BCUT2D eigenvalue weighted by Crippen LogP contribution is 2.28. The van der Waals surface area contributed by atoms with Crippen LogP contribution in [0.5, 0.6) is 0 Å². The van der Waals surface area contributed by atoms with Gasteiger partial charge >= 0.3 is 0 Å². The molecule has 1 N–H and O–H groups in total. The Hall–Kier alpha value is -0.410. The largest absolute Gasteiger partial charge is 0.386 e. The van der Waals surface area contributed by atoms with Gasteiger partial charge in [0.25, 0.3) is 0 Å². The van der Waals surface area contributed by atoms with E-state index in [1.54, 1.807) is 6.20 Å². The summed E-state index contributed by atoms with van der Waals surface area (Å²) in [6.45, 7) is 6.28. The van der Waals surface area contributed by atoms with Crippen LogP contribution in [0, 0.1) is 11.8 Å². The molecule has 2 atom stereocenters. The molecular weight excluding hydrogens is 170 g/mol. The van der Waals surface area contributed by atoms with Crippen molar-refractivity contribution < 1.29 is 5.11 Å². The van der Waals surface area contributed by atoms with Crippen molar-refractivity contribution in [3.8, 4) is 0 Å². The molecule has 0 bridgehead atoms. The molecule has 1 aromatic rings. The van der Waals surface area contributed by atoms with Crippen LogP contribution in [0.1, 0.15) is 31.9 Å². The maximum Gasteiger partial charge on any atom is 0.121 e. The first-order valence-corrected chi connectivity index (χ1v) is 5.08. The summed E-state index contributed by atoms with van der Waals surface area (Å²) >= 11 is 1.52. The molecule has 0 aliphatic heterocycles. The summed E-state index contributed by atoms with van der Waals surface area (Å²) in [5.41, 5.74) is 0. The van der Waals surface area contributed by atoms with Gasteiger partial charge in [-0.3, -0.25) is 0 Å². The van der Waals surface area contributed by atoms with Crippen LogP contribution in [0.2, 0.25) is 0 Å². The van der Waals surface area contributed by atoms with Crippen molar-refractivity contribution in [2.24, 2.45) is 11.8 Å². The second kappa shape index (κ2) is 4.01. The van der Waals surface area contributed by atoms with E-state index in [4.69, 9.17) is 0 Å². The fourth-order valence-corrected chi connectivity index (χ4v) is 1.71. The van der Waals surface area contributed by atoms with Crippen LogP contribution < -0.4 is 0 Å². The summed E-state index contributed by atoms with van der Waals surface area (Å²) in [7, 11) is 0. The predicted molar refractivity (Wildman–Crippen MR) is 51.1 cm³/mol. The quantitative estimate of drug-likeness (QED) is 0.784. The van der Waals surface area contributed by atoms with E-state index >= 15 is 0 Å². The minimum absolute atomic E-state index is 0.274. The smallest absolute Gasteiger partial charge is 0.121 e. The van der Waals surface area contributed by atoms with Gasteiger partial charge in [0.2, 0.25) is 0 Å². The van der Waals surface area contributed by atoms with Crippen molar-refractivity contribution >= 4 is 11.3 Å². The molecule has 1 rings (SSSR count). The monoisotopic (exact) mass is 185 g/mol. The second-order valence-corrected chi connectivity index (χ2v) is 4.34. The lowest BCUT2D eigenvalue weighted by molar-refractivity contribution is 0.0918. The topological polar surface area (TPSA) is 33.1 Å². The molecule has 0 spiro atoms. The molecule has 1 heterocycles. The molecule has 0 saturated carbocycles. The standard InChI is InChI=1S/C9H15NOS/c1-6(2)7(3)8(11)9-10-4-5-12-9/h4-8,11H,1-3H3. The summed E-state index contributed by atoms with van der Waals surface area (Å²) in [4.78, 5) is 4.09. The number of nitrogens with zero attached hydrogens (tertiary/aromatic N) is 1. The molecule has 1 aromatic heterocycles. The van der Waals surface area contributed by atoms with Crippen LogP contribution >= 0.6 is 11.3 Å². The summed E-state index contributed by atoms with van der Waals surface area (Å²) in [6.07, 6.45) is 1.33. The highest BCUT2D eigenvalue weighted by atomic mass is 32.1. The minimum atomic E-state index is -0.398. The number of aliphatic hydroxyl groups excluding tert-OH is 1. The molecule has 0 radical (unpaired) electrons. The third kappa shape index (κ3) is 2.05. The van der Waals surface area contributed by atoms with Gasteiger partial charge in [-0.05, 0) is 11.8 Å². The first-order valence-electron chi connectivity index (χ1n) is 4.20. The molecule has 2 unspecified atom stereocenters. The van der Waals surface area contributed by atoms with Crippen molar-refractivity contribution in [1.29, 1.82) is 0 Å². The number of aromatic nitrogens is 1. The molecule has 12 heavy (non-hydrogen) atoms. The van der Waals surface area contributed by atoms with Gasteiger partial charge in [-0.25, -0.2) is 4.98 Å². The molecule has 3 heteroatoms. The van der Waals surface area contributed by atoms with E-state index in [1.165, 1.54) is 11.3 Å². The maximum atomic E-state index is 9.80. The van der Waals surface area contributed by atoms with Gasteiger partial charge < -0.3 is 5.11 Å². The minimum Gasteiger partial charge on any atom is -0.386 e. The van der Waals surface area contributed by atoms with Crippen LogP contribution in [-0.2, 0) is 0 Å². The number of hydrogen-bond acceptors (Lipinski definition) is 3. The Balaban J connectivity index is 2.65. The fourth-order valence-electron chi connectivity index (χ4n) is 0.970. The van der Waals surface area contributed by atoms with Crippen molar-refractivity contribution in [3.63, 3.8) is 0 Å². The van der Waals surface area contributed by atoms with E-state index in [0.717, 1.165) is 5.01 Å². The summed E-state index contributed by atoms with van der Waals surface area (Å²) < 4.78 is 0. The van der Waals surface area contributed by atoms with E-state index in [0.29, 0.717) is 5.92 Å². The van der Waals surface area contributed by atoms with Crippen molar-refractivity contribution in [1.82, 2.24) is 4.98 Å². The maximum absolute atomic E-state index is 9.80. The van der Waals surface area contributed by atoms with E-state index in [-0.39, 0.29) is 5.92 Å². The summed E-state index contributed by atoms with van der Waals surface area (Å²) in [6, 6.07) is 0. The fraction of sp³-hybridized carbons (Fsp3) is 0.667. The van der Waals surface area contributed by atoms with Crippen LogP contribution in [-0.4, -0.2) is 10.1 Å². The van der Waals surface area contributed by atoms with Gasteiger partial charge in [-0.15, -0.1) is 11.3 Å². The van der Waals surface area contributed by atoms with E-state index < -0.39 is 6.10 Å². The Morgan fingerprint density at radius 1 is 1.42 bits per heavy atom. The zero-order valence-electron chi connectivity index (χ0n) is 7.69. The van der Waals surface area contributed by atoms with Crippen LogP contribution in [0.4, 0.5) is 0 Å². The zero-order valence-corrected chi connectivity index (χ0v) is 8.51. The van der Waals surface area contributed by atoms with Crippen molar-refractivity contribution in [2.45, 2.75) is 26.9 Å². The lowest BCUT2D eigenvalue weighted by Gasteiger charge is -2.19. The van der Waals surface area contributed by atoms with E-state index in [9.17, 15) is 5.11 Å². The molecule has 0 fully saturated rings. The van der Waals surface area contributed by atoms with Gasteiger partial charge in [0, 0.05) is 11.6 Å². The number of aliphatic hydroxyl groups is 1. The van der Waals surface area contributed by atoms with Gasteiger partial charge in [0.15, 0.2) is 0 Å². The van der Waals surface area contributed by atoms with Gasteiger partial charge in [0.1, 0.15) is 11.1 Å². The number of thiazole rings is 1. The molecular formula is C9H15NOS. The summed E-state index contributed by atoms with van der Waals surface area (Å²) in [5.74, 6) is 0.764. The van der Waals surface area contributed by atoms with Gasteiger partial charge in [-0.2, -0.15) is 0 Å². The average Bonchev–Trinajstić information content (AvgIpc) is 2.53. The summed E-state index contributed by atoms with van der Waals surface area (Å²) in [5, 5.41) is 12.5. The Kier molecular flexibility index (Phi) is 3.23. The van der Waals surface area contributed by atoms with E-state index in [2.05, 4.69) is 25.8 Å². The average molecular weight is 185 g/mol. The van der Waals surface area contributed by atoms with Crippen LogP contribution in [0.25, 0.3) is 0 Å². The van der Waals surface area contributed by atoms with Gasteiger partial charge in [-0.1, -0.05) is 20.8 Å². The highest BCUT2D eigenvalue weighted by Gasteiger charge is 2.20. The SMILES string of the molecule is CC(C)C(C)C(O)c1nccs1. The molecule has 0 aromatic carbocycles. The molecule has 68 valence electrons. The number of rotatable bonds is 3.